The molecule has 3 N–H and O–H groups in total. The number of epoxide rings is 1. The topological polar surface area (TPSA) is 147 Å². The fourth-order valence-electron chi connectivity index (χ4n) is 5.61. The molecule has 0 spiro atoms. The molecule has 1 saturated heterocycles. The summed E-state index contributed by atoms with van der Waals surface area (Å²) in [5.74, 6) is -0.935. The van der Waals surface area contributed by atoms with Crippen molar-refractivity contribution in [1.82, 2.24) is 0 Å². The van der Waals surface area contributed by atoms with Gasteiger partial charge in [0.25, 0.3) is 0 Å². The van der Waals surface area contributed by atoms with E-state index in [0.29, 0.717) is 19.3 Å². The number of unbranched alkanes of at least 4 members (excludes halogenated alkanes) is 11. The molecular formula is C45H76NO9P. The van der Waals surface area contributed by atoms with Crippen LogP contribution in [-0.2, 0) is 37.4 Å². The van der Waals surface area contributed by atoms with Crippen molar-refractivity contribution >= 4 is 19.8 Å². The third kappa shape index (κ3) is 33.5. The minimum absolute atomic E-state index is 0.0349. The third-order valence-electron chi connectivity index (χ3n) is 8.97. The minimum atomic E-state index is -4.41. The van der Waals surface area contributed by atoms with Gasteiger partial charge in [0.15, 0.2) is 6.10 Å². The van der Waals surface area contributed by atoms with Gasteiger partial charge in [-0.3, -0.25) is 18.6 Å². The number of rotatable bonds is 38. The molecule has 0 radical (unpaired) electrons. The Balaban J connectivity index is 2.26. The third-order valence-corrected chi connectivity index (χ3v) is 9.95. The molecule has 1 aliphatic rings. The van der Waals surface area contributed by atoms with Gasteiger partial charge < -0.3 is 24.8 Å². The average Bonchev–Trinajstić information content (AvgIpc) is 3.94. The van der Waals surface area contributed by atoms with Crippen molar-refractivity contribution in [2.75, 3.05) is 26.4 Å². The molecule has 0 amide bonds. The summed E-state index contributed by atoms with van der Waals surface area (Å²) in [4.78, 5) is 34.9. The van der Waals surface area contributed by atoms with Gasteiger partial charge in [-0.05, 0) is 89.9 Å². The van der Waals surface area contributed by atoms with Crippen LogP contribution in [0.2, 0.25) is 0 Å². The maximum Gasteiger partial charge on any atom is 0.472 e. The minimum Gasteiger partial charge on any atom is -0.462 e. The molecule has 0 aromatic rings. The smallest absolute Gasteiger partial charge is 0.462 e. The maximum absolute atomic E-state index is 12.6. The van der Waals surface area contributed by atoms with E-state index in [2.05, 4.69) is 80.7 Å². The average molecular weight is 806 g/mol. The first-order valence-electron chi connectivity index (χ1n) is 21.5. The molecule has 1 fully saturated rings. The second-order valence-electron chi connectivity index (χ2n) is 14.2. The van der Waals surface area contributed by atoms with Crippen molar-refractivity contribution < 1.29 is 42.3 Å². The summed E-state index contributed by atoms with van der Waals surface area (Å²) in [6, 6.07) is 0. The molecule has 0 saturated carbocycles. The van der Waals surface area contributed by atoms with Crippen LogP contribution >= 0.6 is 7.82 Å². The van der Waals surface area contributed by atoms with Crippen LogP contribution in [0.4, 0.5) is 0 Å². The zero-order chi connectivity index (χ0) is 40.8. The number of phosphoric acid groups is 1. The fraction of sp³-hybridized carbons (Fsp3) is 0.689. The SMILES string of the molecule is CCCCC/C=C\C/C=C\C/C=C\CCCCCCC(=O)OC[C@H](COP(=O)(O)OCCN)OC(=O)CCC/C=C\CC1OC1C/C=C\C/C=C\CCCCC. The van der Waals surface area contributed by atoms with Crippen LogP contribution in [0.3, 0.4) is 0 Å². The zero-order valence-corrected chi connectivity index (χ0v) is 35.7. The van der Waals surface area contributed by atoms with E-state index in [-0.39, 0.29) is 44.8 Å². The lowest BCUT2D eigenvalue weighted by Crippen LogP contribution is -2.29. The Morgan fingerprint density at radius 3 is 1.70 bits per heavy atom. The zero-order valence-electron chi connectivity index (χ0n) is 34.8. The Kier molecular flexibility index (Phi) is 33.7. The van der Waals surface area contributed by atoms with Gasteiger partial charge in [0, 0.05) is 19.4 Å². The van der Waals surface area contributed by atoms with E-state index >= 15 is 0 Å². The molecule has 11 heteroatoms. The summed E-state index contributed by atoms with van der Waals surface area (Å²) in [7, 11) is -4.41. The fourth-order valence-corrected chi connectivity index (χ4v) is 6.38. The molecule has 0 aromatic heterocycles. The van der Waals surface area contributed by atoms with E-state index in [1.807, 2.05) is 6.08 Å². The van der Waals surface area contributed by atoms with Crippen LogP contribution in [0.15, 0.2) is 72.9 Å². The van der Waals surface area contributed by atoms with Crippen LogP contribution in [0.25, 0.3) is 0 Å². The van der Waals surface area contributed by atoms with E-state index in [1.165, 1.54) is 44.9 Å². The first kappa shape index (κ1) is 51.4. The van der Waals surface area contributed by atoms with Crippen molar-refractivity contribution in [2.24, 2.45) is 5.73 Å². The first-order chi connectivity index (χ1) is 27.3. The highest BCUT2D eigenvalue weighted by Crippen LogP contribution is 2.43. The van der Waals surface area contributed by atoms with Crippen LogP contribution in [0, 0.1) is 0 Å². The molecule has 1 heterocycles. The van der Waals surface area contributed by atoms with E-state index in [4.69, 9.17) is 29.0 Å². The predicted octanol–water partition coefficient (Wildman–Crippen LogP) is 11.3. The molecule has 4 atom stereocenters. The number of carbonyl (C=O) groups is 2. The van der Waals surface area contributed by atoms with Gasteiger partial charge in [-0.1, -0.05) is 125 Å². The molecule has 10 nitrogen and oxygen atoms in total. The summed E-state index contributed by atoms with van der Waals surface area (Å²) in [6.45, 7) is 3.55. The van der Waals surface area contributed by atoms with Gasteiger partial charge in [0.05, 0.1) is 25.4 Å². The molecule has 3 unspecified atom stereocenters. The van der Waals surface area contributed by atoms with Crippen molar-refractivity contribution in [2.45, 2.75) is 173 Å². The summed E-state index contributed by atoms with van der Waals surface area (Å²) >= 11 is 0. The van der Waals surface area contributed by atoms with E-state index in [9.17, 15) is 19.0 Å². The summed E-state index contributed by atoms with van der Waals surface area (Å²) in [5, 5.41) is 0. The van der Waals surface area contributed by atoms with E-state index in [0.717, 1.165) is 64.2 Å². The largest absolute Gasteiger partial charge is 0.472 e. The Labute approximate surface area is 339 Å². The molecule has 0 aromatic carbocycles. The summed E-state index contributed by atoms with van der Waals surface area (Å²) < 4.78 is 38.5. The highest BCUT2D eigenvalue weighted by Gasteiger charge is 2.36. The van der Waals surface area contributed by atoms with Gasteiger partial charge in [-0.25, -0.2) is 4.57 Å². The second kappa shape index (κ2) is 36.7. The number of esters is 2. The Hall–Kier alpha value is -2.59. The lowest BCUT2D eigenvalue weighted by molar-refractivity contribution is -0.161. The molecule has 0 bridgehead atoms. The van der Waals surface area contributed by atoms with Gasteiger partial charge >= 0.3 is 19.8 Å². The van der Waals surface area contributed by atoms with Crippen LogP contribution < -0.4 is 5.73 Å². The monoisotopic (exact) mass is 806 g/mol. The Morgan fingerprint density at radius 1 is 0.625 bits per heavy atom. The molecular weight excluding hydrogens is 729 g/mol. The molecule has 1 aliphatic heterocycles. The molecule has 56 heavy (non-hydrogen) atoms. The Morgan fingerprint density at radius 2 is 1.11 bits per heavy atom. The van der Waals surface area contributed by atoms with Gasteiger partial charge in [-0.2, -0.15) is 0 Å². The summed E-state index contributed by atoms with van der Waals surface area (Å²) in [6.07, 6.45) is 46.7. The van der Waals surface area contributed by atoms with Crippen molar-refractivity contribution in [3.05, 3.63) is 72.9 Å². The molecule has 1 rings (SSSR count). The van der Waals surface area contributed by atoms with Crippen LogP contribution in [0.5, 0.6) is 0 Å². The predicted molar refractivity (Wildman–Crippen MR) is 228 cm³/mol. The van der Waals surface area contributed by atoms with E-state index < -0.39 is 32.5 Å². The maximum atomic E-state index is 12.6. The lowest BCUT2D eigenvalue weighted by Gasteiger charge is -2.19. The molecule has 0 aliphatic carbocycles. The number of hydrogen-bond acceptors (Lipinski definition) is 9. The van der Waals surface area contributed by atoms with Crippen LogP contribution in [0.1, 0.15) is 155 Å². The van der Waals surface area contributed by atoms with Crippen molar-refractivity contribution in [3.8, 4) is 0 Å². The lowest BCUT2D eigenvalue weighted by atomic mass is 10.1. The standard InChI is InChI=1S/C45H76NO9P/c1-3-5-7-9-11-13-14-15-16-17-18-19-20-22-24-26-31-35-44(47)51-39-41(40-53-56(49,50)52-38-37-46)54-45(48)36-32-28-27-30-34-43-42(55-43)33-29-25-23-21-12-10-8-6-4-2/h11-13,15-16,18-19,21,25,27,29-30,41-43H,3-10,14,17,20,22-24,26,28,31-40,46H2,1-2H3,(H,49,50)/b13-11-,16-15-,19-18-,21-12-,29-25-,30-27-/t41-,42?,43?/m1/s1. The first-order valence-corrected chi connectivity index (χ1v) is 23.0. The van der Waals surface area contributed by atoms with Gasteiger partial charge in [-0.15, -0.1) is 0 Å². The second-order valence-corrected chi connectivity index (χ2v) is 15.7. The van der Waals surface area contributed by atoms with E-state index in [1.54, 1.807) is 0 Å². The normalized spacial score (nSPS) is 17.6. The quantitative estimate of drug-likeness (QED) is 0.0203. The number of nitrogens with two attached hydrogens (primary N) is 1. The number of ether oxygens (including phenoxy) is 3. The molecule has 320 valence electrons. The van der Waals surface area contributed by atoms with Gasteiger partial charge in [0.1, 0.15) is 6.61 Å². The van der Waals surface area contributed by atoms with Crippen molar-refractivity contribution in [1.29, 1.82) is 0 Å². The van der Waals surface area contributed by atoms with Crippen LogP contribution in [-0.4, -0.2) is 61.5 Å². The Bertz CT molecular complexity index is 1210. The number of carbonyl (C=O) groups excluding carboxylic acids is 2. The number of allylic oxidation sites excluding steroid dienone is 10. The summed E-state index contributed by atoms with van der Waals surface area (Å²) in [5.41, 5.74) is 5.34. The number of hydrogen-bond donors (Lipinski definition) is 2. The van der Waals surface area contributed by atoms with Crippen molar-refractivity contribution in [3.63, 3.8) is 0 Å². The highest BCUT2D eigenvalue weighted by atomic mass is 31.2. The number of phosphoric ester groups is 1. The van der Waals surface area contributed by atoms with Gasteiger partial charge in [0.2, 0.25) is 0 Å². The highest BCUT2D eigenvalue weighted by molar-refractivity contribution is 7.47.